The van der Waals surface area contributed by atoms with E-state index < -0.39 is 13.9 Å². The summed E-state index contributed by atoms with van der Waals surface area (Å²) in [5.41, 5.74) is 0.677. The van der Waals surface area contributed by atoms with Gasteiger partial charge in [0.25, 0.3) is 0 Å². The standard InChI is InChI=1S/C32H52N4O5SSi/c1-20(41-43(9,10)32(5,6)7)18-33-25(37)17-21-11-16-24-26(21)27-28(34-19-35-29(27)42-24)39-23-14-12-22(13-15-23)36(8)30(38)40-31(2,3)4/h19-23H,11-18H2,1-10H3,(H,33,37)/t20-,21-,22?,23?/m1/s1. The van der Waals surface area contributed by atoms with Crippen molar-refractivity contribution in [1.82, 2.24) is 20.2 Å². The molecular formula is C32H52N4O5SSi. The molecule has 1 saturated carbocycles. The van der Waals surface area contributed by atoms with Gasteiger partial charge in [0, 0.05) is 30.9 Å². The zero-order valence-electron chi connectivity index (χ0n) is 27.8. The maximum absolute atomic E-state index is 13.1. The molecule has 1 fully saturated rings. The lowest BCUT2D eigenvalue weighted by atomic mass is 9.92. The van der Waals surface area contributed by atoms with E-state index in [-0.39, 0.29) is 41.2 Å². The van der Waals surface area contributed by atoms with Crippen LogP contribution in [0, 0.1) is 0 Å². The van der Waals surface area contributed by atoms with Crippen LogP contribution >= 0.6 is 11.3 Å². The Morgan fingerprint density at radius 3 is 2.40 bits per heavy atom. The molecule has 0 radical (unpaired) electrons. The van der Waals surface area contributed by atoms with Gasteiger partial charge in [0.1, 0.15) is 22.9 Å². The fourth-order valence-electron chi connectivity index (χ4n) is 5.80. The smallest absolute Gasteiger partial charge is 0.410 e. The third kappa shape index (κ3) is 8.28. The summed E-state index contributed by atoms with van der Waals surface area (Å²) in [5, 5.41) is 4.23. The minimum Gasteiger partial charge on any atom is -0.474 e. The lowest BCUT2D eigenvalue weighted by molar-refractivity contribution is -0.121. The number of amides is 2. The number of rotatable bonds is 9. The summed E-state index contributed by atoms with van der Waals surface area (Å²) in [6.07, 6.45) is 6.95. The monoisotopic (exact) mass is 632 g/mol. The lowest BCUT2D eigenvalue weighted by Gasteiger charge is -2.38. The number of nitrogens with one attached hydrogen (secondary N) is 1. The molecule has 0 unspecified atom stereocenters. The molecule has 0 spiro atoms. The second-order valence-corrected chi connectivity index (χ2v) is 20.7. The molecule has 0 saturated heterocycles. The zero-order valence-corrected chi connectivity index (χ0v) is 29.7. The highest BCUT2D eigenvalue weighted by Crippen LogP contribution is 2.47. The minimum absolute atomic E-state index is 0.0162. The van der Waals surface area contributed by atoms with Crippen molar-refractivity contribution in [3.63, 3.8) is 0 Å². The molecule has 1 N–H and O–H groups in total. The van der Waals surface area contributed by atoms with Crippen LogP contribution in [-0.2, 0) is 20.4 Å². The van der Waals surface area contributed by atoms with Gasteiger partial charge in [-0.15, -0.1) is 11.3 Å². The van der Waals surface area contributed by atoms with Crippen LogP contribution in [0.3, 0.4) is 0 Å². The van der Waals surface area contributed by atoms with Gasteiger partial charge in [0.2, 0.25) is 11.8 Å². The van der Waals surface area contributed by atoms with Crippen molar-refractivity contribution in [3.05, 3.63) is 16.8 Å². The fraction of sp³-hybridized carbons (Fsp3) is 0.750. The predicted octanol–water partition coefficient (Wildman–Crippen LogP) is 7.19. The Bertz CT molecular complexity index is 1290. The summed E-state index contributed by atoms with van der Waals surface area (Å²) >= 11 is 1.70. The number of nitrogens with zero attached hydrogens (tertiary/aromatic N) is 3. The number of carbonyl (C=O) groups is 2. The molecule has 0 aromatic carbocycles. The summed E-state index contributed by atoms with van der Waals surface area (Å²) in [6, 6.07) is 0.128. The maximum atomic E-state index is 13.1. The van der Waals surface area contributed by atoms with E-state index >= 15 is 0 Å². The fourth-order valence-corrected chi connectivity index (χ4v) is 8.47. The van der Waals surface area contributed by atoms with Crippen LogP contribution in [0.2, 0.25) is 18.1 Å². The average Bonchev–Trinajstić information content (AvgIpc) is 3.45. The number of hydrogen-bond acceptors (Lipinski definition) is 8. The third-order valence-electron chi connectivity index (χ3n) is 9.17. The first-order chi connectivity index (χ1) is 19.9. The molecule has 0 bridgehead atoms. The Kier molecular flexibility index (Phi) is 10.2. The summed E-state index contributed by atoms with van der Waals surface area (Å²) in [6.45, 7) is 19.4. The molecule has 240 valence electrons. The first-order valence-corrected chi connectivity index (χ1v) is 19.5. The van der Waals surface area contributed by atoms with Crippen LogP contribution in [0.15, 0.2) is 6.33 Å². The van der Waals surface area contributed by atoms with Crippen molar-refractivity contribution in [1.29, 1.82) is 0 Å². The van der Waals surface area contributed by atoms with Crippen LogP contribution in [-0.4, -0.2) is 72.6 Å². The molecule has 4 rings (SSSR count). The number of aryl methyl sites for hydroxylation is 1. The molecule has 11 heteroatoms. The van der Waals surface area contributed by atoms with Crippen LogP contribution < -0.4 is 10.1 Å². The van der Waals surface area contributed by atoms with Crippen molar-refractivity contribution >= 4 is 41.9 Å². The van der Waals surface area contributed by atoms with E-state index in [1.165, 1.54) is 10.4 Å². The molecule has 43 heavy (non-hydrogen) atoms. The van der Waals surface area contributed by atoms with Gasteiger partial charge in [-0.1, -0.05) is 20.8 Å². The van der Waals surface area contributed by atoms with E-state index in [0.717, 1.165) is 48.7 Å². The largest absolute Gasteiger partial charge is 0.474 e. The van der Waals surface area contributed by atoms with Gasteiger partial charge in [0.05, 0.1) is 11.5 Å². The highest BCUT2D eigenvalue weighted by molar-refractivity contribution is 7.19. The molecule has 2 amide bonds. The Balaban J connectivity index is 1.37. The van der Waals surface area contributed by atoms with Gasteiger partial charge in [-0.2, -0.15) is 0 Å². The Labute approximate surface area is 262 Å². The summed E-state index contributed by atoms with van der Waals surface area (Å²) in [5.74, 6) is 0.789. The van der Waals surface area contributed by atoms with E-state index in [4.69, 9.17) is 13.9 Å². The number of aromatic nitrogens is 2. The average molecular weight is 633 g/mol. The second-order valence-electron chi connectivity index (χ2n) is 14.9. The molecule has 2 atom stereocenters. The van der Waals surface area contributed by atoms with Crippen LogP contribution in [0.25, 0.3) is 10.2 Å². The number of thiophene rings is 1. The van der Waals surface area contributed by atoms with Crippen LogP contribution in [0.5, 0.6) is 5.88 Å². The van der Waals surface area contributed by atoms with Crippen molar-refractivity contribution in [2.24, 2.45) is 0 Å². The first kappa shape index (κ1) is 33.6. The predicted molar refractivity (Wildman–Crippen MR) is 175 cm³/mol. The lowest BCUT2D eigenvalue weighted by Crippen LogP contribution is -2.46. The molecule has 2 aromatic heterocycles. The Morgan fingerprint density at radius 1 is 1.09 bits per heavy atom. The van der Waals surface area contributed by atoms with E-state index in [1.54, 1.807) is 22.6 Å². The van der Waals surface area contributed by atoms with Crippen molar-refractivity contribution < 1.29 is 23.5 Å². The third-order valence-corrected chi connectivity index (χ3v) is 14.9. The molecular weight excluding hydrogens is 581 g/mol. The highest BCUT2D eigenvalue weighted by Gasteiger charge is 2.39. The molecule has 2 heterocycles. The normalized spacial score (nSPS) is 21.8. The van der Waals surface area contributed by atoms with Crippen LogP contribution in [0.4, 0.5) is 4.79 Å². The molecule has 2 aromatic rings. The van der Waals surface area contributed by atoms with Gasteiger partial charge < -0.3 is 24.1 Å². The summed E-state index contributed by atoms with van der Waals surface area (Å²) in [4.78, 5) is 38.7. The van der Waals surface area contributed by atoms with Gasteiger partial charge in [-0.05, 0) is 95.8 Å². The van der Waals surface area contributed by atoms with Crippen molar-refractivity contribution in [3.8, 4) is 5.88 Å². The maximum Gasteiger partial charge on any atom is 0.410 e. The Morgan fingerprint density at radius 2 is 1.77 bits per heavy atom. The molecule has 2 aliphatic rings. The number of hydrogen-bond donors (Lipinski definition) is 1. The van der Waals surface area contributed by atoms with E-state index in [2.05, 4.69) is 49.1 Å². The van der Waals surface area contributed by atoms with Crippen molar-refractivity contribution in [2.45, 2.75) is 141 Å². The van der Waals surface area contributed by atoms with E-state index in [0.29, 0.717) is 18.8 Å². The minimum atomic E-state index is -1.89. The molecule has 2 aliphatic carbocycles. The Hall–Kier alpha value is -2.24. The number of ether oxygens (including phenoxy) is 2. The van der Waals surface area contributed by atoms with Gasteiger partial charge in [0.15, 0.2) is 8.32 Å². The molecule has 9 nitrogen and oxygen atoms in total. The van der Waals surface area contributed by atoms with Gasteiger partial charge in [-0.25, -0.2) is 14.8 Å². The number of carbonyl (C=O) groups excluding carboxylic acids is 2. The quantitative estimate of drug-likeness (QED) is 0.292. The number of fused-ring (bicyclic) bond motifs is 3. The van der Waals surface area contributed by atoms with Crippen LogP contribution in [0.1, 0.15) is 103 Å². The van der Waals surface area contributed by atoms with E-state index in [1.807, 2.05) is 34.7 Å². The molecule has 0 aliphatic heterocycles. The van der Waals surface area contributed by atoms with Gasteiger partial charge in [-0.3, -0.25) is 4.79 Å². The second kappa shape index (κ2) is 13.0. The summed E-state index contributed by atoms with van der Waals surface area (Å²) < 4.78 is 18.5. The van der Waals surface area contributed by atoms with E-state index in [9.17, 15) is 9.59 Å². The van der Waals surface area contributed by atoms with Gasteiger partial charge >= 0.3 is 6.09 Å². The SMILES string of the molecule is C[C@H](CNC(=O)C[C@H]1CCc2sc3ncnc(OC4CCC(N(C)C(=O)OC(C)(C)C)CC4)c3c21)O[Si](C)(C)C(C)(C)C. The topological polar surface area (TPSA) is 103 Å². The van der Waals surface area contributed by atoms with Crippen molar-refractivity contribution in [2.75, 3.05) is 13.6 Å². The highest BCUT2D eigenvalue weighted by atomic mass is 32.1. The zero-order chi connectivity index (χ0) is 31.7. The first-order valence-electron chi connectivity index (χ1n) is 15.8. The summed E-state index contributed by atoms with van der Waals surface area (Å²) in [7, 11) is -0.0736.